The van der Waals surface area contributed by atoms with Crippen molar-refractivity contribution in [3.63, 3.8) is 0 Å². The molecule has 0 aliphatic carbocycles. The highest BCUT2D eigenvalue weighted by atomic mass is 16.5. The van der Waals surface area contributed by atoms with Crippen LogP contribution in [-0.2, 0) is 17.8 Å². The van der Waals surface area contributed by atoms with Crippen molar-refractivity contribution in [1.29, 1.82) is 0 Å². The van der Waals surface area contributed by atoms with Crippen molar-refractivity contribution in [2.45, 2.75) is 19.5 Å². The van der Waals surface area contributed by atoms with Gasteiger partial charge in [-0.05, 0) is 42.3 Å². The zero-order valence-corrected chi connectivity index (χ0v) is 19.1. The molecule has 1 saturated heterocycles. The number of hydrogen-bond acceptors (Lipinski definition) is 6. The Labute approximate surface area is 190 Å². The summed E-state index contributed by atoms with van der Waals surface area (Å²) in [4.78, 5) is 9.32. The van der Waals surface area contributed by atoms with E-state index in [1.54, 1.807) is 14.2 Å². The van der Waals surface area contributed by atoms with Crippen molar-refractivity contribution in [2.75, 3.05) is 53.6 Å². The predicted molar refractivity (Wildman–Crippen MR) is 127 cm³/mol. The maximum Gasteiger partial charge on any atom is 0.127 e. The number of nitrogens with zero attached hydrogens (tertiary/aromatic N) is 3. The molecule has 2 heterocycles. The van der Waals surface area contributed by atoms with Crippen molar-refractivity contribution >= 4 is 10.8 Å². The molecule has 170 valence electrons. The molecule has 1 aliphatic rings. The van der Waals surface area contributed by atoms with Crippen LogP contribution in [0.5, 0.6) is 11.5 Å². The third-order valence-electron chi connectivity index (χ3n) is 6.06. The van der Waals surface area contributed by atoms with Crippen LogP contribution in [0, 0.1) is 0 Å². The minimum absolute atomic E-state index is 0.832. The van der Waals surface area contributed by atoms with Crippen molar-refractivity contribution in [3.8, 4) is 11.5 Å². The maximum absolute atomic E-state index is 5.73. The molecule has 0 unspecified atom stereocenters. The van der Waals surface area contributed by atoms with E-state index in [2.05, 4.69) is 39.0 Å². The zero-order chi connectivity index (χ0) is 22.2. The quantitative estimate of drug-likeness (QED) is 0.480. The highest BCUT2D eigenvalue weighted by Crippen LogP contribution is 2.35. The lowest BCUT2D eigenvalue weighted by Gasteiger charge is -2.28. The maximum atomic E-state index is 5.73. The molecule has 3 aromatic rings. The topological polar surface area (TPSA) is 47.1 Å². The van der Waals surface area contributed by atoms with Gasteiger partial charge in [-0.3, -0.25) is 14.8 Å². The molecule has 4 rings (SSSR count). The molecule has 0 radical (unpaired) electrons. The normalized spacial score (nSPS) is 14.7. The molecule has 1 fully saturated rings. The number of morpholine rings is 1. The van der Waals surface area contributed by atoms with Gasteiger partial charge in [0.05, 0.1) is 27.4 Å². The van der Waals surface area contributed by atoms with Crippen LogP contribution >= 0.6 is 0 Å². The number of methoxy groups -OCH3 is 2. The molecule has 0 bridgehead atoms. The Morgan fingerprint density at radius 3 is 2.56 bits per heavy atom. The minimum Gasteiger partial charge on any atom is -0.496 e. The molecule has 6 heteroatoms. The Hall–Kier alpha value is -2.67. The van der Waals surface area contributed by atoms with Crippen LogP contribution in [0.3, 0.4) is 0 Å². The molecule has 0 spiro atoms. The zero-order valence-electron chi connectivity index (χ0n) is 19.1. The summed E-state index contributed by atoms with van der Waals surface area (Å²) < 4.78 is 16.8. The monoisotopic (exact) mass is 435 g/mol. The fourth-order valence-corrected chi connectivity index (χ4v) is 4.44. The molecule has 2 aromatic carbocycles. The number of aromatic nitrogens is 1. The number of rotatable bonds is 10. The van der Waals surface area contributed by atoms with Crippen molar-refractivity contribution in [3.05, 3.63) is 66.0 Å². The summed E-state index contributed by atoms with van der Waals surface area (Å²) in [5, 5.41) is 2.21. The first kappa shape index (κ1) is 22.5. The molecular weight excluding hydrogens is 402 g/mol. The van der Waals surface area contributed by atoms with Crippen LogP contribution in [-0.4, -0.2) is 68.4 Å². The summed E-state index contributed by atoms with van der Waals surface area (Å²) >= 11 is 0. The van der Waals surface area contributed by atoms with Gasteiger partial charge >= 0.3 is 0 Å². The Morgan fingerprint density at radius 2 is 1.81 bits per heavy atom. The third kappa shape index (κ3) is 5.57. The second-order valence-electron chi connectivity index (χ2n) is 8.19. The molecule has 0 amide bonds. The average Bonchev–Trinajstić information content (AvgIpc) is 2.85. The van der Waals surface area contributed by atoms with E-state index in [4.69, 9.17) is 14.2 Å². The van der Waals surface area contributed by atoms with Gasteiger partial charge in [-0.1, -0.05) is 24.3 Å². The number of ether oxygens (including phenoxy) is 3. The summed E-state index contributed by atoms with van der Waals surface area (Å²) in [7, 11) is 3.45. The highest BCUT2D eigenvalue weighted by molar-refractivity contribution is 5.95. The van der Waals surface area contributed by atoms with E-state index in [9.17, 15) is 0 Å². The van der Waals surface area contributed by atoms with Crippen molar-refractivity contribution < 1.29 is 14.2 Å². The number of fused-ring (bicyclic) bond motifs is 1. The summed E-state index contributed by atoms with van der Waals surface area (Å²) in [5.41, 5.74) is 2.47. The SMILES string of the molecule is COc1ccc(CN(CCCN2CCOCC2)Cc2cccnc2)c2c(OC)cccc12. The second-order valence-corrected chi connectivity index (χ2v) is 8.19. The van der Waals surface area contributed by atoms with E-state index in [1.807, 2.05) is 30.6 Å². The smallest absolute Gasteiger partial charge is 0.127 e. The van der Waals surface area contributed by atoms with E-state index >= 15 is 0 Å². The van der Waals surface area contributed by atoms with Crippen LogP contribution in [0.4, 0.5) is 0 Å². The van der Waals surface area contributed by atoms with Gasteiger partial charge in [-0.25, -0.2) is 0 Å². The fraction of sp³-hybridized carbons (Fsp3) is 0.423. The summed E-state index contributed by atoms with van der Waals surface area (Å²) in [6, 6.07) is 14.5. The highest BCUT2D eigenvalue weighted by Gasteiger charge is 2.16. The number of hydrogen-bond donors (Lipinski definition) is 0. The van der Waals surface area contributed by atoms with Crippen LogP contribution in [0.2, 0.25) is 0 Å². The van der Waals surface area contributed by atoms with Crippen molar-refractivity contribution in [1.82, 2.24) is 14.8 Å². The van der Waals surface area contributed by atoms with Crippen LogP contribution < -0.4 is 9.47 Å². The van der Waals surface area contributed by atoms with E-state index in [0.29, 0.717) is 0 Å². The first-order valence-corrected chi connectivity index (χ1v) is 11.3. The van der Waals surface area contributed by atoms with Gasteiger partial charge in [0.25, 0.3) is 0 Å². The Morgan fingerprint density at radius 1 is 0.969 bits per heavy atom. The van der Waals surface area contributed by atoms with Crippen LogP contribution in [0.15, 0.2) is 54.9 Å². The Kier molecular flexibility index (Phi) is 7.93. The molecule has 1 aliphatic heterocycles. The summed E-state index contributed by atoms with van der Waals surface area (Å²) in [5.74, 6) is 1.75. The van der Waals surface area contributed by atoms with Crippen molar-refractivity contribution in [2.24, 2.45) is 0 Å². The lowest BCUT2D eigenvalue weighted by atomic mass is 10.0. The molecule has 1 aromatic heterocycles. The molecular formula is C26H33N3O3. The van der Waals surface area contributed by atoms with Gasteiger partial charge in [-0.2, -0.15) is 0 Å². The van der Waals surface area contributed by atoms with Gasteiger partial charge < -0.3 is 14.2 Å². The van der Waals surface area contributed by atoms with E-state index in [-0.39, 0.29) is 0 Å². The van der Waals surface area contributed by atoms with Gasteiger partial charge in [0.2, 0.25) is 0 Å². The number of pyridine rings is 1. The van der Waals surface area contributed by atoms with Gasteiger partial charge in [0, 0.05) is 55.9 Å². The molecule has 0 atom stereocenters. The third-order valence-corrected chi connectivity index (χ3v) is 6.06. The number of benzene rings is 2. The minimum atomic E-state index is 0.832. The standard InChI is InChI=1S/C26H33N3O3/c1-30-24-10-9-22(26-23(24)7-3-8-25(26)31-2)20-29(19-21-6-4-11-27-18-21)13-5-12-28-14-16-32-17-15-28/h3-4,6-11,18H,5,12-17,19-20H2,1-2H3. The Bertz CT molecular complexity index is 990. The van der Waals surface area contributed by atoms with Gasteiger partial charge in [-0.15, -0.1) is 0 Å². The van der Waals surface area contributed by atoms with E-state index < -0.39 is 0 Å². The van der Waals surface area contributed by atoms with Gasteiger partial charge in [0.1, 0.15) is 11.5 Å². The summed E-state index contributed by atoms with van der Waals surface area (Å²) in [6.07, 6.45) is 4.90. The summed E-state index contributed by atoms with van der Waals surface area (Å²) in [6.45, 7) is 7.55. The van der Waals surface area contributed by atoms with Crippen LogP contribution in [0.1, 0.15) is 17.5 Å². The molecule has 0 N–H and O–H groups in total. The molecule has 32 heavy (non-hydrogen) atoms. The van der Waals surface area contributed by atoms with Crippen LogP contribution in [0.25, 0.3) is 10.8 Å². The first-order chi connectivity index (χ1) is 15.8. The predicted octanol–water partition coefficient (Wildman–Crippen LogP) is 3.98. The molecule has 6 nitrogen and oxygen atoms in total. The second kappa shape index (κ2) is 11.3. The lowest BCUT2D eigenvalue weighted by molar-refractivity contribution is 0.0359. The van der Waals surface area contributed by atoms with E-state index in [0.717, 1.165) is 81.2 Å². The largest absolute Gasteiger partial charge is 0.496 e. The Balaban J connectivity index is 1.56. The lowest BCUT2D eigenvalue weighted by Crippen LogP contribution is -2.38. The average molecular weight is 436 g/mol. The first-order valence-electron chi connectivity index (χ1n) is 11.3. The fourth-order valence-electron chi connectivity index (χ4n) is 4.44. The molecule has 0 saturated carbocycles. The van der Waals surface area contributed by atoms with E-state index in [1.165, 1.54) is 11.1 Å². The van der Waals surface area contributed by atoms with Gasteiger partial charge in [0.15, 0.2) is 0 Å².